The molecule has 0 aromatic heterocycles. The van der Waals surface area contributed by atoms with Gasteiger partial charge in [-0.1, -0.05) is 12.1 Å². The van der Waals surface area contributed by atoms with E-state index in [0.29, 0.717) is 17.7 Å². The van der Waals surface area contributed by atoms with Gasteiger partial charge in [0.1, 0.15) is 6.23 Å². The standard InChI is InChI=1S/C19H28N2O3/c1-13(2)21(14(3)4)19(23)16-10-7-6-9-15(16)18(22)20-12-8-11-17(20)24-5/h6-7,9-10,13-14,17H,8,11-12H2,1-5H3. The fourth-order valence-electron chi connectivity index (χ4n) is 3.43. The molecule has 2 rings (SSSR count). The zero-order valence-corrected chi connectivity index (χ0v) is 15.3. The van der Waals surface area contributed by atoms with Crippen molar-refractivity contribution in [1.82, 2.24) is 9.80 Å². The molecule has 1 fully saturated rings. The summed E-state index contributed by atoms with van der Waals surface area (Å²) >= 11 is 0. The van der Waals surface area contributed by atoms with Crippen LogP contribution in [0.2, 0.25) is 0 Å². The van der Waals surface area contributed by atoms with Crippen LogP contribution in [0, 0.1) is 0 Å². The number of methoxy groups -OCH3 is 1. The van der Waals surface area contributed by atoms with Crippen LogP contribution in [0.4, 0.5) is 0 Å². The van der Waals surface area contributed by atoms with E-state index in [0.717, 1.165) is 12.8 Å². The van der Waals surface area contributed by atoms with E-state index in [1.54, 1.807) is 36.3 Å². The van der Waals surface area contributed by atoms with E-state index in [1.165, 1.54) is 0 Å². The number of nitrogens with zero attached hydrogens (tertiary/aromatic N) is 2. The molecule has 0 radical (unpaired) electrons. The first-order valence-corrected chi connectivity index (χ1v) is 8.64. The number of hydrogen-bond acceptors (Lipinski definition) is 3. The molecule has 1 heterocycles. The smallest absolute Gasteiger partial charge is 0.256 e. The van der Waals surface area contributed by atoms with Crippen molar-refractivity contribution in [2.24, 2.45) is 0 Å². The molecular weight excluding hydrogens is 304 g/mol. The Morgan fingerprint density at radius 2 is 1.71 bits per heavy atom. The van der Waals surface area contributed by atoms with Crippen LogP contribution in [0.1, 0.15) is 61.3 Å². The van der Waals surface area contributed by atoms with Crippen molar-refractivity contribution in [3.8, 4) is 0 Å². The second-order valence-corrected chi connectivity index (χ2v) is 6.78. The van der Waals surface area contributed by atoms with Crippen LogP contribution < -0.4 is 0 Å². The monoisotopic (exact) mass is 332 g/mol. The Kier molecular flexibility index (Phi) is 5.99. The minimum atomic E-state index is -0.202. The van der Waals surface area contributed by atoms with Crippen LogP contribution >= 0.6 is 0 Å². The Morgan fingerprint density at radius 3 is 2.25 bits per heavy atom. The second-order valence-electron chi connectivity index (χ2n) is 6.78. The third kappa shape index (κ3) is 3.61. The maximum absolute atomic E-state index is 13.0. The number of amides is 2. The van der Waals surface area contributed by atoms with Crippen molar-refractivity contribution in [3.63, 3.8) is 0 Å². The Morgan fingerprint density at radius 1 is 1.12 bits per heavy atom. The third-order valence-corrected chi connectivity index (χ3v) is 4.47. The van der Waals surface area contributed by atoms with Crippen LogP contribution in [-0.2, 0) is 4.74 Å². The van der Waals surface area contributed by atoms with Crippen LogP contribution in [0.5, 0.6) is 0 Å². The summed E-state index contributed by atoms with van der Waals surface area (Å²) in [4.78, 5) is 29.6. The first kappa shape index (κ1) is 18.5. The lowest BCUT2D eigenvalue weighted by Gasteiger charge is -2.32. The molecule has 1 aromatic carbocycles. The molecule has 132 valence electrons. The van der Waals surface area contributed by atoms with Crippen molar-refractivity contribution in [1.29, 1.82) is 0 Å². The SMILES string of the molecule is COC1CCCN1C(=O)c1ccccc1C(=O)N(C(C)C)C(C)C. The maximum Gasteiger partial charge on any atom is 0.256 e. The molecule has 1 aliphatic rings. The summed E-state index contributed by atoms with van der Waals surface area (Å²) in [5.41, 5.74) is 0.921. The summed E-state index contributed by atoms with van der Waals surface area (Å²) in [7, 11) is 1.62. The number of carbonyl (C=O) groups excluding carboxylic acids is 2. The highest BCUT2D eigenvalue weighted by Crippen LogP contribution is 2.23. The summed E-state index contributed by atoms with van der Waals surface area (Å²) in [6.07, 6.45) is 1.55. The summed E-state index contributed by atoms with van der Waals surface area (Å²) in [5, 5.41) is 0. The molecule has 0 N–H and O–H groups in total. The van der Waals surface area contributed by atoms with Gasteiger partial charge in [0, 0.05) is 25.7 Å². The van der Waals surface area contributed by atoms with E-state index in [-0.39, 0.29) is 30.1 Å². The molecule has 24 heavy (non-hydrogen) atoms. The first-order valence-electron chi connectivity index (χ1n) is 8.64. The number of hydrogen-bond donors (Lipinski definition) is 0. The number of ether oxygens (including phenoxy) is 1. The molecule has 0 spiro atoms. The van der Waals surface area contributed by atoms with Gasteiger partial charge < -0.3 is 14.5 Å². The fraction of sp³-hybridized carbons (Fsp3) is 0.579. The molecule has 1 atom stereocenters. The zero-order chi connectivity index (χ0) is 17.9. The van der Waals surface area contributed by atoms with Crippen molar-refractivity contribution in [3.05, 3.63) is 35.4 Å². The highest BCUT2D eigenvalue weighted by Gasteiger charge is 2.32. The summed E-state index contributed by atoms with van der Waals surface area (Å²) in [6.45, 7) is 8.62. The lowest BCUT2D eigenvalue weighted by atomic mass is 10.0. The van der Waals surface area contributed by atoms with Crippen molar-refractivity contribution in [2.45, 2.75) is 58.8 Å². The van der Waals surface area contributed by atoms with Gasteiger partial charge >= 0.3 is 0 Å². The molecular formula is C19H28N2O3. The van der Waals surface area contributed by atoms with Gasteiger partial charge in [-0.15, -0.1) is 0 Å². The van der Waals surface area contributed by atoms with Gasteiger partial charge in [0.25, 0.3) is 11.8 Å². The van der Waals surface area contributed by atoms with Crippen LogP contribution in [0.25, 0.3) is 0 Å². The van der Waals surface area contributed by atoms with Crippen molar-refractivity contribution >= 4 is 11.8 Å². The van der Waals surface area contributed by atoms with E-state index in [4.69, 9.17) is 4.74 Å². The van der Waals surface area contributed by atoms with Gasteiger partial charge in [-0.25, -0.2) is 0 Å². The van der Waals surface area contributed by atoms with E-state index < -0.39 is 0 Å². The van der Waals surface area contributed by atoms with Gasteiger partial charge in [-0.05, 0) is 52.7 Å². The Bertz CT molecular complexity index is 590. The lowest BCUT2D eigenvalue weighted by Crippen LogP contribution is -2.43. The first-order chi connectivity index (χ1) is 11.4. The van der Waals surface area contributed by atoms with Crippen molar-refractivity contribution < 1.29 is 14.3 Å². The molecule has 1 saturated heterocycles. The molecule has 0 saturated carbocycles. The maximum atomic E-state index is 13.0. The summed E-state index contributed by atoms with van der Waals surface area (Å²) < 4.78 is 5.40. The zero-order valence-electron chi connectivity index (χ0n) is 15.3. The summed E-state index contributed by atoms with van der Waals surface area (Å²) in [6, 6.07) is 7.22. The fourth-order valence-corrected chi connectivity index (χ4v) is 3.43. The predicted octanol–water partition coefficient (Wildman–Crippen LogP) is 3.15. The molecule has 5 nitrogen and oxygen atoms in total. The van der Waals surface area contributed by atoms with Crippen LogP contribution in [0.15, 0.2) is 24.3 Å². The minimum Gasteiger partial charge on any atom is -0.362 e. The minimum absolute atomic E-state index is 0.0687. The molecule has 0 aliphatic carbocycles. The highest BCUT2D eigenvalue weighted by atomic mass is 16.5. The predicted molar refractivity (Wildman–Crippen MR) is 94.0 cm³/mol. The third-order valence-electron chi connectivity index (χ3n) is 4.47. The quantitative estimate of drug-likeness (QED) is 0.832. The number of benzene rings is 1. The van der Waals surface area contributed by atoms with Gasteiger partial charge in [-0.3, -0.25) is 9.59 Å². The molecule has 0 bridgehead atoms. The number of carbonyl (C=O) groups is 2. The van der Waals surface area contributed by atoms with Gasteiger partial charge in [0.05, 0.1) is 11.1 Å². The lowest BCUT2D eigenvalue weighted by molar-refractivity contribution is 0.00149. The number of rotatable bonds is 5. The van der Waals surface area contributed by atoms with Crippen LogP contribution in [0.3, 0.4) is 0 Å². The Hall–Kier alpha value is -1.88. The van der Waals surface area contributed by atoms with Crippen molar-refractivity contribution in [2.75, 3.05) is 13.7 Å². The Balaban J connectivity index is 2.36. The molecule has 1 aromatic rings. The van der Waals surface area contributed by atoms with E-state index >= 15 is 0 Å². The van der Waals surface area contributed by atoms with E-state index in [2.05, 4.69) is 0 Å². The Labute approximate surface area is 144 Å². The van der Waals surface area contributed by atoms with E-state index in [9.17, 15) is 9.59 Å². The van der Waals surface area contributed by atoms with Crippen LogP contribution in [-0.4, -0.2) is 53.6 Å². The average Bonchev–Trinajstić information content (AvgIpc) is 3.02. The molecule has 5 heteroatoms. The molecule has 2 amide bonds. The topological polar surface area (TPSA) is 49.9 Å². The highest BCUT2D eigenvalue weighted by molar-refractivity contribution is 6.07. The molecule has 1 aliphatic heterocycles. The normalized spacial score (nSPS) is 17.6. The van der Waals surface area contributed by atoms with Gasteiger partial charge in [0.15, 0.2) is 0 Å². The second kappa shape index (κ2) is 7.79. The van der Waals surface area contributed by atoms with Gasteiger partial charge in [-0.2, -0.15) is 0 Å². The molecule has 1 unspecified atom stereocenters. The summed E-state index contributed by atoms with van der Waals surface area (Å²) in [5.74, 6) is -0.229. The van der Waals surface area contributed by atoms with E-state index in [1.807, 2.05) is 32.6 Å². The van der Waals surface area contributed by atoms with Gasteiger partial charge in [0.2, 0.25) is 0 Å². The number of likely N-dealkylation sites (tertiary alicyclic amines) is 1. The average molecular weight is 332 g/mol. The largest absolute Gasteiger partial charge is 0.362 e.